The first kappa shape index (κ1) is 14.2. The fourth-order valence-electron chi connectivity index (χ4n) is 1.23. The molecule has 1 rings (SSSR count). The molecule has 92 valence electrons. The quantitative estimate of drug-likeness (QED) is 0.548. The zero-order valence-corrected chi connectivity index (χ0v) is 10.7. The summed E-state index contributed by atoms with van der Waals surface area (Å²) in [6.07, 6.45) is 0.608. The van der Waals surface area contributed by atoms with Crippen LogP contribution in [0.15, 0.2) is 22.5 Å². The van der Waals surface area contributed by atoms with Gasteiger partial charge in [-0.2, -0.15) is 0 Å². The molecular weight excluding hydrogens is 311 g/mol. The van der Waals surface area contributed by atoms with Crippen LogP contribution in [0.4, 0.5) is 13.2 Å². The summed E-state index contributed by atoms with van der Waals surface area (Å²) in [5.74, 6) is -1.94. The van der Waals surface area contributed by atoms with Gasteiger partial charge in [-0.15, -0.1) is 0 Å². The second-order valence-electron chi connectivity index (χ2n) is 3.10. The Morgan fingerprint density at radius 1 is 1.38 bits per heavy atom. The average Bonchev–Trinajstić information content (AvgIpc) is 2.10. The summed E-state index contributed by atoms with van der Waals surface area (Å²) in [6.45, 7) is 0.880. The van der Waals surface area contributed by atoms with E-state index in [9.17, 15) is 21.6 Å². The van der Waals surface area contributed by atoms with Crippen LogP contribution in [0.3, 0.4) is 0 Å². The highest BCUT2D eigenvalue weighted by Crippen LogP contribution is 2.54. The summed E-state index contributed by atoms with van der Waals surface area (Å²) in [4.78, 5) is 0. The Labute approximate surface area is 104 Å². The molecule has 1 aliphatic carbocycles. The van der Waals surface area contributed by atoms with Gasteiger partial charge in [-0.05, 0) is 18.6 Å². The maximum atomic E-state index is 14.0. The van der Waals surface area contributed by atoms with Crippen LogP contribution >= 0.6 is 33.9 Å². The SMILES string of the molecule is CC1=CC(Cl)=C(F)C(F)(Cl)C1(F)S(=O)(=O)Cl. The van der Waals surface area contributed by atoms with Crippen LogP contribution in [0, 0.1) is 0 Å². The summed E-state index contributed by atoms with van der Waals surface area (Å²) in [7, 11) is -0.396. The Balaban J connectivity index is 3.64. The highest BCUT2D eigenvalue weighted by atomic mass is 35.7. The van der Waals surface area contributed by atoms with E-state index >= 15 is 0 Å². The van der Waals surface area contributed by atoms with Gasteiger partial charge >= 0.3 is 0 Å². The molecule has 0 bridgehead atoms. The maximum absolute atomic E-state index is 14.0. The minimum atomic E-state index is -5.14. The average molecular weight is 316 g/mol. The third-order valence-corrected chi connectivity index (χ3v) is 4.80. The normalized spacial score (nSPS) is 36.3. The van der Waals surface area contributed by atoms with Gasteiger partial charge in [-0.3, -0.25) is 0 Å². The van der Waals surface area contributed by atoms with Crippen molar-refractivity contribution in [1.29, 1.82) is 0 Å². The van der Waals surface area contributed by atoms with E-state index in [1.165, 1.54) is 0 Å². The molecule has 16 heavy (non-hydrogen) atoms. The van der Waals surface area contributed by atoms with Gasteiger partial charge in [0.2, 0.25) is 0 Å². The van der Waals surface area contributed by atoms with Gasteiger partial charge in [-0.1, -0.05) is 23.2 Å². The van der Waals surface area contributed by atoms with Crippen molar-refractivity contribution < 1.29 is 21.6 Å². The van der Waals surface area contributed by atoms with E-state index in [0.29, 0.717) is 6.08 Å². The molecule has 0 aromatic heterocycles. The largest absolute Gasteiger partial charge is 0.300 e. The highest BCUT2D eigenvalue weighted by Gasteiger charge is 2.67. The van der Waals surface area contributed by atoms with Crippen molar-refractivity contribution in [3.8, 4) is 0 Å². The molecule has 0 aliphatic heterocycles. The van der Waals surface area contributed by atoms with E-state index in [2.05, 4.69) is 0 Å². The molecule has 0 N–H and O–H groups in total. The predicted octanol–water partition coefficient (Wildman–Crippen LogP) is 3.51. The second kappa shape index (κ2) is 3.80. The van der Waals surface area contributed by atoms with Gasteiger partial charge in [0, 0.05) is 10.7 Å². The molecule has 0 saturated heterocycles. The molecular formula is C7H4Cl3F3O2S. The molecule has 9 heteroatoms. The van der Waals surface area contributed by atoms with Crippen LogP contribution in [0.2, 0.25) is 0 Å². The molecule has 0 spiro atoms. The molecule has 0 saturated carbocycles. The smallest absolute Gasteiger partial charge is 0.214 e. The van der Waals surface area contributed by atoms with E-state index in [1.807, 2.05) is 0 Å². The van der Waals surface area contributed by atoms with Crippen LogP contribution in [-0.2, 0) is 9.05 Å². The first-order valence-electron chi connectivity index (χ1n) is 3.71. The Kier molecular flexibility index (Phi) is 3.36. The van der Waals surface area contributed by atoms with E-state index in [4.69, 9.17) is 33.9 Å². The van der Waals surface area contributed by atoms with E-state index in [0.717, 1.165) is 6.92 Å². The molecule has 0 aromatic carbocycles. The van der Waals surface area contributed by atoms with Crippen molar-refractivity contribution in [2.45, 2.75) is 17.1 Å². The second-order valence-corrected chi connectivity index (χ2v) is 6.68. The molecule has 0 heterocycles. The molecule has 0 amide bonds. The van der Waals surface area contributed by atoms with Gasteiger partial charge in [0.05, 0.1) is 5.03 Å². The third-order valence-electron chi connectivity index (χ3n) is 2.08. The highest BCUT2D eigenvalue weighted by molar-refractivity contribution is 8.15. The molecule has 1 aliphatic rings. The van der Waals surface area contributed by atoms with E-state index in [-0.39, 0.29) is 0 Å². The maximum Gasteiger partial charge on any atom is 0.300 e. The number of alkyl halides is 3. The van der Waals surface area contributed by atoms with Crippen LogP contribution in [0.1, 0.15) is 6.92 Å². The van der Waals surface area contributed by atoms with Gasteiger partial charge < -0.3 is 0 Å². The third kappa shape index (κ3) is 1.66. The van der Waals surface area contributed by atoms with Gasteiger partial charge in [-0.25, -0.2) is 21.6 Å². The van der Waals surface area contributed by atoms with E-state index in [1.54, 1.807) is 0 Å². The van der Waals surface area contributed by atoms with Crippen molar-refractivity contribution in [1.82, 2.24) is 0 Å². The number of hydrogen-bond donors (Lipinski definition) is 0. The lowest BCUT2D eigenvalue weighted by Crippen LogP contribution is -2.51. The summed E-state index contributed by atoms with van der Waals surface area (Å²) in [5.41, 5.74) is -0.744. The Morgan fingerprint density at radius 2 is 1.81 bits per heavy atom. The lowest BCUT2D eigenvalue weighted by atomic mass is 10.0. The Hall–Kier alpha value is 0.0900. The van der Waals surface area contributed by atoms with Gasteiger partial charge in [0.25, 0.3) is 19.2 Å². The number of hydrogen-bond acceptors (Lipinski definition) is 2. The van der Waals surface area contributed by atoms with Crippen molar-refractivity contribution in [3.63, 3.8) is 0 Å². The van der Waals surface area contributed by atoms with Crippen LogP contribution < -0.4 is 0 Å². The monoisotopic (exact) mass is 314 g/mol. The summed E-state index contributed by atoms with van der Waals surface area (Å²) in [6, 6.07) is 0. The van der Waals surface area contributed by atoms with Crippen LogP contribution in [0.5, 0.6) is 0 Å². The predicted molar refractivity (Wildman–Crippen MR) is 56.0 cm³/mol. The fraction of sp³-hybridized carbons (Fsp3) is 0.429. The number of allylic oxidation sites excluding steroid dienone is 3. The standard InChI is InChI=1S/C7H4Cl3F3O2S/c1-3-2-4(8)5(11)6(9,12)7(3,13)16(10,14)15/h2H,1H3. The fourth-order valence-corrected chi connectivity index (χ4v) is 3.77. The zero-order valence-electron chi connectivity index (χ0n) is 7.57. The number of halogens is 6. The van der Waals surface area contributed by atoms with Crippen molar-refractivity contribution in [3.05, 3.63) is 22.5 Å². The first-order chi connectivity index (χ1) is 6.96. The molecule has 2 nitrogen and oxygen atoms in total. The zero-order chi connectivity index (χ0) is 12.9. The molecule has 0 aromatic rings. The minimum Gasteiger partial charge on any atom is -0.214 e. The van der Waals surface area contributed by atoms with Gasteiger partial charge in [0.1, 0.15) is 0 Å². The van der Waals surface area contributed by atoms with Crippen LogP contribution in [0.25, 0.3) is 0 Å². The van der Waals surface area contributed by atoms with Crippen LogP contribution in [-0.4, -0.2) is 18.5 Å². The lowest BCUT2D eigenvalue weighted by Gasteiger charge is -2.34. The van der Waals surface area contributed by atoms with Crippen molar-refractivity contribution in [2.24, 2.45) is 0 Å². The lowest BCUT2D eigenvalue weighted by molar-refractivity contribution is 0.124. The van der Waals surface area contributed by atoms with Crippen molar-refractivity contribution >= 4 is 42.9 Å². The first-order valence-corrected chi connectivity index (χ1v) is 6.78. The summed E-state index contributed by atoms with van der Waals surface area (Å²) in [5, 5.41) is -8.70. The Bertz CT molecular complexity index is 497. The molecule has 2 unspecified atom stereocenters. The summed E-state index contributed by atoms with van der Waals surface area (Å²) < 4.78 is 62.9. The van der Waals surface area contributed by atoms with Crippen molar-refractivity contribution in [2.75, 3.05) is 0 Å². The van der Waals surface area contributed by atoms with E-state index < -0.39 is 35.6 Å². The topological polar surface area (TPSA) is 34.1 Å². The van der Waals surface area contributed by atoms with Gasteiger partial charge in [0.15, 0.2) is 5.83 Å². The Morgan fingerprint density at radius 3 is 2.19 bits per heavy atom. The minimum absolute atomic E-state index is 0.608. The number of rotatable bonds is 1. The molecule has 0 radical (unpaired) electrons. The molecule has 2 atom stereocenters. The molecule has 0 fully saturated rings. The summed E-state index contributed by atoms with van der Waals surface area (Å²) >= 11 is 10.2.